The van der Waals surface area contributed by atoms with Crippen molar-refractivity contribution in [1.82, 2.24) is 0 Å². The topological polar surface area (TPSA) is 98.8 Å². The molecule has 8 nitrogen and oxygen atoms in total. The van der Waals surface area contributed by atoms with Crippen LogP contribution in [0.15, 0.2) is 97.1 Å². The van der Waals surface area contributed by atoms with Gasteiger partial charge in [-0.3, -0.25) is 0 Å². The van der Waals surface area contributed by atoms with Crippen LogP contribution >= 0.6 is 38.8 Å². The summed E-state index contributed by atoms with van der Waals surface area (Å²) in [5.41, 5.74) is 4.87. The van der Waals surface area contributed by atoms with Crippen LogP contribution in [0.25, 0.3) is 9.95 Å². The summed E-state index contributed by atoms with van der Waals surface area (Å²) in [5.74, 6) is 1.65. The third-order valence-corrected chi connectivity index (χ3v) is 4.72. The third-order valence-electron chi connectivity index (χ3n) is 4.72. The van der Waals surface area contributed by atoms with Crippen LogP contribution in [0.3, 0.4) is 0 Å². The van der Waals surface area contributed by atoms with Crippen LogP contribution in [0, 0.1) is 10.8 Å². The first kappa shape index (κ1) is 31.9. The number of halogens is 4. The molecule has 39 heavy (non-hydrogen) atoms. The van der Waals surface area contributed by atoms with Crippen molar-refractivity contribution in [1.29, 1.82) is 10.8 Å². The normalized spacial score (nSPS) is 9.74. The molecule has 200 valence electrons. The first-order valence-electron chi connectivity index (χ1n) is 11.4. The van der Waals surface area contributed by atoms with Gasteiger partial charge in [0.25, 0.3) is 0 Å². The van der Waals surface area contributed by atoms with E-state index in [1.807, 2.05) is 72.8 Å². The molecule has 0 saturated carbocycles. The number of anilines is 4. The molecule has 0 aliphatic heterocycles. The summed E-state index contributed by atoms with van der Waals surface area (Å²) in [6.45, 7) is 0. The first-order chi connectivity index (χ1) is 18.6. The van der Waals surface area contributed by atoms with Gasteiger partial charge < -0.3 is 20.1 Å². The van der Waals surface area contributed by atoms with E-state index in [-0.39, 0.29) is 0 Å². The third kappa shape index (κ3) is 13.4. The molecule has 0 saturated heterocycles. The number of hydrogen-bond donors (Lipinski definition) is 2. The molecule has 0 aliphatic rings. The van der Waals surface area contributed by atoms with Gasteiger partial charge in [-0.05, 0) is 72.8 Å². The van der Waals surface area contributed by atoms with E-state index < -0.39 is 10.8 Å². The van der Waals surface area contributed by atoms with Gasteiger partial charge in [0.15, 0.2) is 9.95 Å². The van der Waals surface area contributed by atoms with E-state index in [2.05, 4.69) is 20.6 Å². The number of nitrogens with zero attached hydrogens (tertiary/aromatic N) is 4. The summed E-state index contributed by atoms with van der Waals surface area (Å²) in [5, 5.41) is 23.6. The van der Waals surface area contributed by atoms with E-state index in [1.165, 1.54) is 0 Å². The Labute approximate surface area is 246 Å². The molecule has 4 rings (SSSR count). The van der Waals surface area contributed by atoms with Crippen LogP contribution < -0.4 is 20.1 Å². The zero-order valence-corrected chi connectivity index (χ0v) is 27.1. The van der Waals surface area contributed by atoms with Crippen LogP contribution in [0.1, 0.15) is 0 Å². The van der Waals surface area contributed by atoms with Crippen molar-refractivity contribution in [3.05, 3.63) is 107 Å². The van der Waals surface area contributed by atoms with E-state index in [4.69, 9.17) is 59.0 Å². The quantitative estimate of drug-likeness (QED) is 0.158. The van der Waals surface area contributed by atoms with Crippen molar-refractivity contribution in [3.8, 4) is 11.5 Å². The van der Waals surface area contributed by atoms with Crippen molar-refractivity contribution < 1.29 is 20.3 Å². The summed E-state index contributed by atoms with van der Waals surface area (Å²) < 4.78 is 10.2. The van der Waals surface area contributed by atoms with Crippen LogP contribution in [0.4, 0.5) is 34.1 Å². The number of ether oxygens (including phenoxy) is 2. The average Bonchev–Trinajstić information content (AvgIpc) is 2.94. The van der Waals surface area contributed by atoms with E-state index in [0.29, 0.717) is 11.4 Å². The minimum atomic E-state index is -3.36. The van der Waals surface area contributed by atoms with E-state index in [0.717, 1.165) is 34.2 Å². The van der Waals surface area contributed by atoms with Gasteiger partial charge >= 0.3 is 61.0 Å². The second-order valence-electron chi connectivity index (χ2n) is 7.61. The first-order valence-corrected chi connectivity index (χ1v) is 27.0. The Hall–Kier alpha value is -3.30. The number of benzene rings is 4. The molecular formula is C26H24Cl4N6O2Zn. The van der Waals surface area contributed by atoms with Crippen molar-refractivity contribution >= 4 is 72.9 Å². The molecule has 0 bridgehead atoms. The van der Waals surface area contributed by atoms with Crippen molar-refractivity contribution in [2.24, 2.45) is 0 Å². The van der Waals surface area contributed by atoms with Gasteiger partial charge in [0.1, 0.15) is 11.5 Å². The summed E-state index contributed by atoms with van der Waals surface area (Å²) in [6, 6.07) is 29.6. The predicted octanol–water partition coefficient (Wildman–Crippen LogP) is 10.6. The second kappa shape index (κ2) is 16.6. The Kier molecular flexibility index (Phi) is 13.6. The van der Waals surface area contributed by atoms with Gasteiger partial charge in [-0.2, -0.15) is 0 Å². The number of nitrogens with one attached hydrogen (secondary N) is 2. The van der Waals surface area contributed by atoms with Crippen molar-refractivity contribution in [2.45, 2.75) is 0 Å². The van der Waals surface area contributed by atoms with Crippen LogP contribution in [0.5, 0.6) is 11.5 Å². The number of rotatable bonds is 6. The van der Waals surface area contributed by atoms with E-state index in [1.54, 1.807) is 38.5 Å². The summed E-state index contributed by atoms with van der Waals surface area (Å²) >= 11 is 0. The molecule has 4 aromatic rings. The molecule has 0 fully saturated rings. The van der Waals surface area contributed by atoms with Gasteiger partial charge in [0, 0.05) is 47.0 Å². The fourth-order valence-electron chi connectivity index (χ4n) is 2.90. The molecule has 4 aromatic carbocycles. The van der Waals surface area contributed by atoms with Gasteiger partial charge in [0.05, 0.1) is 14.2 Å². The van der Waals surface area contributed by atoms with Gasteiger partial charge in [-0.15, -0.1) is 0 Å². The Morgan fingerprint density at radius 3 is 0.949 bits per heavy atom. The standard InChI is InChI=1S/2C13H12N3O.4ClH.Zn/c2*1-17-13-8-6-11(7-9-13)15-10-2-4-12(16-14)5-3-10;;;;;/h2*2-9,15H,1H3;4*1H;/q2*+1;;;;;+2/p-4. The maximum atomic E-state index is 8.57. The molecule has 0 atom stereocenters. The molecule has 0 aliphatic carbocycles. The Bertz CT molecular complexity index is 1260. The zero-order chi connectivity index (χ0) is 28.7. The van der Waals surface area contributed by atoms with Gasteiger partial charge in [0.2, 0.25) is 10.8 Å². The van der Waals surface area contributed by atoms with Crippen LogP contribution in [-0.4, -0.2) is 14.2 Å². The molecule has 0 amide bonds. The fraction of sp³-hybridized carbons (Fsp3) is 0.0769. The number of hydrogen-bond acceptors (Lipinski definition) is 6. The van der Waals surface area contributed by atoms with Crippen molar-refractivity contribution in [2.75, 3.05) is 24.9 Å². The minimum absolute atomic E-state index is 0.533. The summed E-state index contributed by atoms with van der Waals surface area (Å²) in [4.78, 5) is 6.19. The Morgan fingerprint density at radius 2 is 0.744 bits per heavy atom. The predicted molar refractivity (Wildman–Crippen MR) is 158 cm³/mol. The van der Waals surface area contributed by atoms with Crippen LogP contribution in [0.2, 0.25) is 0 Å². The molecule has 13 heteroatoms. The number of diazo groups is 2. The Balaban J connectivity index is 0.000000234. The summed E-state index contributed by atoms with van der Waals surface area (Å²) in [7, 11) is 20.1. The fourth-order valence-corrected chi connectivity index (χ4v) is 2.90. The average molecular weight is 660 g/mol. The second-order valence-corrected chi connectivity index (χ2v) is 35.3. The SMILES string of the molecule is COc1ccc(Nc2ccc([N+]#N)cc2)cc1.COc1ccc(Nc2ccc([N+]#N)cc2)cc1.[Cl][Zn-2]([Cl])([Cl])[Cl]. The molecule has 0 unspecified atom stereocenters. The molecule has 0 radical (unpaired) electrons. The molecule has 0 aromatic heterocycles. The Morgan fingerprint density at radius 1 is 0.513 bits per heavy atom. The van der Waals surface area contributed by atoms with Crippen LogP contribution in [-0.2, 0) is 10.8 Å². The molecular weight excluding hydrogens is 636 g/mol. The van der Waals surface area contributed by atoms with Crippen molar-refractivity contribution in [3.63, 3.8) is 0 Å². The van der Waals surface area contributed by atoms with Gasteiger partial charge in [-0.1, -0.05) is 0 Å². The van der Waals surface area contributed by atoms with Gasteiger partial charge in [-0.25, -0.2) is 0 Å². The number of methoxy groups -OCH3 is 2. The molecule has 0 heterocycles. The summed E-state index contributed by atoms with van der Waals surface area (Å²) in [6.07, 6.45) is 0. The van der Waals surface area contributed by atoms with E-state index in [9.17, 15) is 0 Å². The van der Waals surface area contributed by atoms with E-state index >= 15 is 0 Å². The zero-order valence-electron chi connectivity index (χ0n) is 21.1. The monoisotopic (exact) mass is 656 g/mol. The molecule has 2 N–H and O–H groups in total. The molecule has 0 spiro atoms. The maximum absolute atomic E-state index is 8.57.